The number of hydrogen-bond acceptors (Lipinski definition) is 3. The fraction of sp³-hybridized carbons (Fsp3) is 0.857. The maximum absolute atomic E-state index is 11.8. The summed E-state index contributed by atoms with van der Waals surface area (Å²) in [6.07, 6.45) is 1.48. The standard InChI is InChI=1S/C14H27NO3/c1-7-14(5,6)15-10(12(17)18)8-9-11(16)13(2,3)4/h10,15H,7-9H2,1-6H3,(H,17,18). The number of ketones is 1. The average Bonchev–Trinajstić information content (AvgIpc) is 2.21. The van der Waals surface area contributed by atoms with E-state index in [9.17, 15) is 14.7 Å². The highest BCUT2D eigenvalue weighted by molar-refractivity contribution is 5.84. The first-order chi connectivity index (χ1) is 7.99. The van der Waals surface area contributed by atoms with Crippen molar-refractivity contribution in [2.24, 2.45) is 5.41 Å². The number of Topliss-reactive ketones (excluding diaryl/α,β-unsaturated/α-hetero) is 1. The highest BCUT2D eigenvalue weighted by Crippen LogP contribution is 2.19. The third kappa shape index (κ3) is 6.15. The molecule has 0 aromatic rings. The van der Waals surface area contributed by atoms with E-state index in [0.29, 0.717) is 12.8 Å². The summed E-state index contributed by atoms with van der Waals surface area (Å²) in [7, 11) is 0. The molecule has 0 spiro atoms. The lowest BCUT2D eigenvalue weighted by Crippen LogP contribution is -2.49. The molecule has 18 heavy (non-hydrogen) atoms. The Bertz CT molecular complexity index is 303. The molecule has 0 radical (unpaired) electrons. The number of carboxylic acid groups (broad SMARTS) is 1. The van der Waals surface area contributed by atoms with E-state index < -0.39 is 17.4 Å². The largest absolute Gasteiger partial charge is 0.480 e. The molecule has 0 bridgehead atoms. The molecule has 0 rings (SSSR count). The highest BCUT2D eigenvalue weighted by Gasteiger charge is 2.28. The first-order valence-corrected chi connectivity index (χ1v) is 6.53. The van der Waals surface area contributed by atoms with Crippen molar-refractivity contribution >= 4 is 11.8 Å². The van der Waals surface area contributed by atoms with Crippen LogP contribution in [0.25, 0.3) is 0 Å². The van der Waals surface area contributed by atoms with Gasteiger partial charge < -0.3 is 5.11 Å². The molecule has 0 amide bonds. The molecule has 106 valence electrons. The van der Waals surface area contributed by atoms with Gasteiger partial charge in [0.25, 0.3) is 0 Å². The van der Waals surface area contributed by atoms with E-state index in [1.54, 1.807) is 0 Å². The number of aliphatic carboxylic acids is 1. The Labute approximate surface area is 110 Å². The minimum Gasteiger partial charge on any atom is -0.480 e. The third-order valence-electron chi connectivity index (χ3n) is 3.24. The normalized spacial score (nSPS) is 14.3. The van der Waals surface area contributed by atoms with E-state index in [1.165, 1.54) is 0 Å². The van der Waals surface area contributed by atoms with Crippen LogP contribution < -0.4 is 5.32 Å². The molecule has 1 atom stereocenters. The molecule has 0 aromatic heterocycles. The molecule has 0 aliphatic rings. The van der Waals surface area contributed by atoms with Crippen LogP contribution >= 0.6 is 0 Å². The second-order valence-corrected chi connectivity index (χ2v) is 6.48. The Kier molecular flexibility index (Phi) is 6.00. The molecule has 0 saturated carbocycles. The van der Waals surface area contributed by atoms with E-state index in [0.717, 1.165) is 6.42 Å². The molecule has 0 fully saturated rings. The van der Waals surface area contributed by atoms with Crippen LogP contribution in [0.3, 0.4) is 0 Å². The van der Waals surface area contributed by atoms with Crippen LogP contribution in [0, 0.1) is 5.41 Å². The maximum Gasteiger partial charge on any atom is 0.320 e. The van der Waals surface area contributed by atoms with Crippen LogP contribution in [0.5, 0.6) is 0 Å². The predicted molar refractivity (Wildman–Crippen MR) is 72.6 cm³/mol. The lowest BCUT2D eigenvalue weighted by Gasteiger charge is -2.29. The molecular weight excluding hydrogens is 230 g/mol. The Hall–Kier alpha value is -0.900. The van der Waals surface area contributed by atoms with Crippen LogP contribution in [0.4, 0.5) is 0 Å². The fourth-order valence-electron chi connectivity index (χ4n) is 1.48. The third-order valence-corrected chi connectivity index (χ3v) is 3.24. The molecule has 2 N–H and O–H groups in total. The predicted octanol–water partition coefficient (Wildman–Crippen LogP) is 2.61. The number of rotatable bonds is 7. The lowest BCUT2D eigenvalue weighted by molar-refractivity contribution is -0.140. The van der Waals surface area contributed by atoms with Crippen LogP contribution in [-0.4, -0.2) is 28.4 Å². The zero-order valence-corrected chi connectivity index (χ0v) is 12.5. The summed E-state index contributed by atoms with van der Waals surface area (Å²) in [6.45, 7) is 11.5. The molecule has 1 unspecified atom stereocenters. The zero-order chi connectivity index (χ0) is 14.6. The summed E-state index contributed by atoms with van der Waals surface area (Å²) < 4.78 is 0. The van der Waals surface area contributed by atoms with Crippen molar-refractivity contribution in [2.45, 2.75) is 72.4 Å². The van der Waals surface area contributed by atoms with Crippen molar-refractivity contribution in [3.63, 3.8) is 0 Å². The number of nitrogens with one attached hydrogen (secondary N) is 1. The van der Waals surface area contributed by atoms with Gasteiger partial charge in [-0.15, -0.1) is 0 Å². The Balaban J connectivity index is 4.49. The summed E-state index contributed by atoms with van der Waals surface area (Å²) in [5, 5.41) is 12.3. The van der Waals surface area contributed by atoms with E-state index in [4.69, 9.17) is 0 Å². The van der Waals surface area contributed by atoms with Crippen molar-refractivity contribution in [1.29, 1.82) is 0 Å². The van der Waals surface area contributed by atoms with Gasteiger partial charge in [-0.2, -0.15) is 0 Å². The van der Waals surface area contributed by atoms with Gasteiger partial charge in [0, 0.05) is 17.4 Å². The first kappa shape index (κ1) is 17.1. The second-order valence-electron chi connectivity index (χ2n) is 6.48. The summed E-state index contributed by atoms with van der Waals surface area (Å²) in [6, 6.07) is -0.661. The number of hydrogen-bond donors (Lipinski definition) is 2. The molecule has 4 nitrogen and oxygen atoms in total. The first-order valence-electron chi connectivity index (χ1n) is 6.53. The number of carbonyl (C=O) groups is 2. The molecule has 0 aliphatic carbocycles. The SMILES string of the molecule is CCC(C)(C)NC(CCC(=O)C(C)(C)C)C(=O)O. The van der Waals surface area contributed by atoms with Crippen LogP contribution in [0.15, 0.2) is 0 Å². The summed E-state index contributed by atoms with van der Waals surface area (Å²) in [5.74, 6) is -0.789. The lowest BCUT2D eigenvalue weighted by atomic mass is 9.87. The average molecular weight is 257 g/mol. The van der Waals surface area contributed by atoms with E-state index >= 15 is 0 Å². The molecule has 0 aromatic carbocycles. The van der Waals surface area contributed by atoms with Crippen molar-refractivity contribution in [2.75, 3.05) is 0 Å². The summed E-state index contributed by atoms with van der Waals surface area (Å²) in [5.41, 5.74) is -0.628. The van der Waals surface area contributed by atoms with Gasteiger partial charge >= 0.3 is 5.97 Å². The summed E-state index contributed by atoms with van der Waals surface area (Å²) >= 11 is 0. The molecule has 0 aliphatic heterocycles. The van der Waals surface area contributed by atoms with Crippen molar-refractivity contribution in [1.82, 2.24) is 5.32 Å². The van der Waals surface area contributed by atoms with Crippen molar-refractivity contribution < 1.29 is 14.7 Å². The number of carbonyl (C=O) groups excluding carboxylic acids is 1. The summed E-state index contributed by atoms with van der Waals surface area (Å²) in [4.78, 5) is 23.0. The zero-order valence-electron chi connectivity index (χ0n) is 12.5. The van der Waals surface area contributed by atoms with E-state index in [-0.39, 0.29) is 11.3 Å². The fourth-order valence-corrected chi connectivity index (χ4v) is 1.48. The molecule has 0 saturated heterocycles. The van der Waals surface area contributed by atoms with Gasteiger partial charge in [0.05, 0.1) is 0 Å². The topological polar surface area (TPSA) is 66.4 Å². The Morgan fingerprint density at radius 3 is 2.00 bits per heavy atom. The minimum absolute atomic E-state index is 0.102. The highest BCUT2D eigenvalue weighted by atomic mass is 16.4. The van der Waals surface area contributed by atoms with Gasteiger partial charge in [0.15, 0.2) is 0 Å². The van der Waals surface area contributed by atoms with Crippen molar-refractivity contribution in [3.8, 4) is 0 Å². The van der Waals surface area contributed by atoms with Crippen LogP contribution in [0.2, 0.25) is 0 Å². The van der Waals surface area contributed by atoms with E-state index in [2.05, 4.69) is 5.32 Å². The van der Waals surface area contributed by atoms with Gasteiger partial charge in [0.1, 0.15) is 11.8 Å². The molecular formula is C14H27NO3. The Morgan fingerprint density at radius 1 is 1.17 bits per heavy atom. The monoisotopic (exact) mass is 257 g/mol. The van der Waals surface area contributed by atoms with Crippen LogP contribution in [-0.2, 0) is 9.59 Å². The van der Waals surface area contributed by atoms with E-state index in [1.807, 2.05) is 41.5 Å². The Morgan fingerprint density at radius 2 is 1.67 bits per heavy atom. The van der Waals surface area contributed by atoms with Gasteiger partial charge in [-0.1, -0.05) is 27.7 Å². The van der Waals surface area contributed by atoms with Crippen molar-refractivity contribution in [3.05, 3.63) is 0 Å². The smallest absolute Gasteiger partial charge is 0.320 e. The molecule has 4 heteroatoms. The molecule has 0 heterocycles. The number of carboxylic acids is 1. The minimum atomic E-state index is -0.891. The van der Waals surface area contributed by atoms with Gasteiger partial charge in [0.2, 0.25) is 0 Å². The van der Waals surface area contributed by atoms with Crippen LogP contribution in [0.1, 0.15) is 60.8 Å². The van der Waals surface area contributed by atoms with Gasteiger partial charge in [-0.05, 0) is 26.7 Å². The van der Waals surface area contributed by atoms with Gasteiger partial charge in [-0.3, -0.25) is 14.9 Å². The second kappa shape index (κ2) is 6.32. The van der Waals surface area contributed by atoms with Gasteiger partial charge in [-0.25, -0.2) is 0 Å². The quantitative estimate of drug-likeness (QED) is 0.735. The maximum atomic E-state index is 11.8.